The third-order valence-corrected chi connectivity index (χ3v) is 22.1. The first-order valence-corrected chi connectivity index (χ1v) is 42.8. The normalized spacial score (nSPS) is 18.0. The van der Waals surface area contributed by atoms with Crippen molar-refractivity contribution in [3.8, 4) is 11.5 Å². The van der Waals surface area contributed by atoms with Crippen molar-refractivity contribution >= 4 is 67.8 Å². The van der Waals surface area contributed by atoms with Crippen molar-refractivity contribution in [3.63, 3.8) is 0 Å². The van der Waals surface area contributed by atoms with E-state index in [4.69, 9.17) is 9.47 Å². The summed E-state index contributed by atoms with van der Waals surface area (Å²) in [5.74, 6) is -4.57. The molecule has 119 heavy (non-hydrogen) atoms. The van der Waals surface area contributed by atoms with E-state index in [-0.39, 0.29) is 96.7 Å². The summed E-state index contributed by atoms with van der Waals surface area (Å²) < 4.78 is 11.7. The Morgan fingerprint density at radius 1 is 0.403 bits per heavy atom. The number of ether oxygens (including phenoxy) is 2. The van der Waals surface area contributed by atoms with Crippen LogP contribution in [0.25, 0.3) is 0 Å². The van der Waals surface area contributed by atoms with E-state index in [0.29, 0.717) is 80.5 Å². The molecule has 0 saturated carbocycles. The molecular formula is C93H119B3N8O15. The summed E-state index contributed by atoms with van der Waals surface area (Å²) in [6.07, 6.45) is 25.3. The van der Waals surface area contributed by atoms with Gasteiger partial charge in [-0.05, 0) is 190 Å². The average Bonchev–Trinajstić information content (AvgIpc) is 1.82. The molecule has 0 radical (unpaired) electrons. The average molecular weight is 1620 g/mol. The molecule has 10 bridgehead atoms. The van der Waals surface area contributed by atoms with Crippen LogP contribution in [0.2, 0.25) is 6.82 Å². The fourth-order valence-corrected chi connectivity index (χ4v) is 15.3. The SMILES string of the molecule is CB(O)[C@H](CC(C)C)NC(=O)[C@H]1CC(=O)c2cncc(n2)CCCCCCCCc2ccccc2C1.CC(C)C[C@H](NC(=O)[C@H]1CC(=O)c2ccc([nH]2)C(=O)CCCCCCCc2ccccc2C1)B(O)O.O=C1CCc2ccc(cc2)OCCCCOc2ccc(cc2)C[C@@H](C(=O)N[C@@H](Cc2ccccc2)B(O)O)CC(=O)c2cncc1n2. The van der Waals surface area contributed by atoms with Crippen LogP contribution >= 0.6 is 0 Å². The molecule has 6 atom stereocenters. The summed E-state index contributed by atoms with van der Waals surface area (Å²) in [4.78, 5) is 126. The number of H-pyrrole nitrogens is 1. The van der Waals surface area contributed by atoms with E-state index >= 15 is 0 Å². The van der Waals surface area contributed by atoms with Crippen LogP contribution < -0.4 is 25.4 Å². The van der Waals surface area contributed by atoms with Crippen molar-refractivity contribution in [3.05, 3.63) is 237 Å². The molecule has 5 aromatic carbocycles. The molecule has 0 saturated heterocycles. The minimum Gasteiger partial charge on any atom is -0.494 e. The molecule has 26 heteroatoms. The van der Waals surface area contributed by atoms with E-state index in [2.05, 4.69) is 79.0 Å². The number of aromatic amines is 1. The summed E-state index contributed by atoms with van der Waals surface area (Å²) in [5, 5.41) is 58.7. The number of carbonyl (C=O) groups is 8. The van der Waals surface area contributed by atoms with E-state index in [1.807, 2.05) is 117 Å². The van der Waals surface area contributed by atoms with E-state index in [1.54, 1.807) is 25.2 Å². The lowest BCUT2D eigenvalue weighted by molar-refractivity contribution is -0.126. The van der Waals surface area contributed by atoms with Gasteiger partial charge in [0.05, 0.1) is 60.8 Å². The number of benzene rings is 5. The van der Waals surface area contributed by atoms with Gasteiger partial charge in [-0.25, -0.2) is 9.97 Å². The highest BCUT2D eigenvalue weighted by atomic mass is 16.5. The zero-order valence-corrected chi connectivity index (χ0v) is 69.8. The summed E-state index contributed by atoms with van der Waals surface area (Å²) in [5.41, 5.74) is 9.11. The van der Waals surface area contributed by atoms with E-state index in [9.17, 15) is 63.5 Å². The van der Waals surface area contributed by atoms with Gasteiger partial charge >= 0.3 is 21.2 Å². The molecule has 0 aliphatic carbocycles. The number of ketones is 5. The van der Waals surface area contributed by atoms with Crippen molar-refractivity contribution in [2.45, 2.75) is 232 Å². The lowest BCUT2D eigenvalue weighted by atomic mass is 9.61. The lowest BCUT2D eigenvalue weighted by Crippen LogP contribution is -2.50. The molecule has 9 heterocycles. The van der Waals surface area contributed by atoms with Gasteiger partial charge < -0.3 is 55.5 Å². The first-order valence-electron chi connectivity index (χ1n) is 42.8. The van der Waals surface area contributed by atoms with Gasteiger partial charge in [0.25, 0.3) is 0 Å². The van der Waals surface area contributed by atoms with E-state index in [1.165, 1.54) is 49.0 Å². The summed E-state index contributed by atoms with van der Waals surface area (Å²) >= 11 is 0. The Morgan fingerprint density at radius 2 is 0.824 bits per heavy atom. The highest BCUT2D eigenvalue weighted by Crippen LogP contribution is 2.28. The fraction of sp³-hybridized carbons (Fsp3) is 0.462. The van der Waals surface area contributed by atoms with Crippen LogP contribution in [0.3, 0.4) is 0 Å². The predicted molar refractivity (Wildman–Crippen MR) is 462 cm³/mol. The quantitative estimate of drug-likeness (QED) is 0.0431. The summed E-state index contributed by atoms with van der Waals surface area (Å²) in [6, 6.07) is 43.6. The standard InChI is InChI=1S/C36H38BN3O7.C29H42BN3O3.C28H39BN2O5/c41-33-17-12-25-8-13-29(14-9-25)46-18-4-5-19-47-30-15-10-27(11-16-30)20-28(22-34(42)32-24-38-23-31(33)39-32)36(43)40-35(37(44)45)21-26-6-2-1-3-7-26;1-21(2)16-28(30(3)36)33-29(35)24-17-23-14-11-10-13-22(23)12-8-6-4-5-7-9-15-25-19-31-20-26(32-25)27(34)18-24;1-19(2)16-27(29(35)36)31-28(34)22-17-21-12-9-8-11-20(21)10-6-4-3-5-7-13-25(32)23-14-15-24(30-23)26(33)18-22/h1-3,6-11,13-16,23-24,28,35,44-45H,4-5,12,17-22H2,(H,40,43);10-11,13-14,19-21,24,28,36H,4-9,12,15-18H2,1-3H3,(H,33,35);8-9,11-12,14-15,19,22,27,30,35-36H,3-7,10,13,16-18H2,1-2H3,(H,31,34)/t28-,35+;24-,28+;22-,27+/m111/s1. The summed E-state index contributed by atoms with van der Waals surface area (Å²) in [7, 11) is -3.51. The van der Waals surface area contributed by atoms with Gasteiger partial charge in [0.2, 0.25) is 17.7 Å². The topological polar surface area (TPSA) is 360 Å². The second-order valence-electron chi connectivity index (χ2n) is 32.9. The highest BCUT2D eigenvalue weighted by molar-refractivity contribution is 6.51. The Hall–Kier alpha value is -10.1. The monoisotopic (exact) mass is 1620 g/mol. The number of fused-ring (bicyclic) bond motifs is 6. The second kappa shape index (κ2) is 48.8. The minimum absolute atomic E-state index is 0.00600. The van der Waals surface area contributed by atoms with Gasteiger partial charge in [-0.3, -0.25) is 48.3 Å². The maximum atomic E-state index is 13.7. The van der Waals surface area contributed by atoms with Crippen molar-refractivity contribution < 1.29 is 73.0 Å². The van der Waals surface area contributed by atoms with Gasteiger partial charge in [-0.1, -0.05) is 183 Å². The maximum Gasteiger partial charge on any atom is 0.475 e. The van der Waals surface area contributed by atoms with Gasteiger partial charge in [0, 0.05) is 62.0 Å². The van der Waals surface area contributed by atoms with Crippen molar-refractivity contribution in [2.24, 2.45) is 29.6 Å². The number of amides is 3. The van der Waals surface area contributed by atoms with Crippen LogP contribution in [-0.2, 0) is 65.8 Å². The van der Waals surface area contributed by atoms with Crippen LogP contribution in [0.5, 0.6) is 11.5 Å². The van der Waals surface area contributed by atoms with Crippen LogP contribution in [0.15, 0.2) is 164 Å². The molecule has 23 nitrogen and oxygen atoms in total. The van der Waals surface area contributed by atoms with Crippen LogP contribution in [-0.4, -0.2) is 149 Å². The zero-order valence-electron chi connectivity index (χ0n) is 69.8. The molecule has 8 aromatic rings. The van der Waals surface area contributed by atoms with Crippen LogP contribution in [0.4, 0.5) is 0 Å². The molecule has 9 N–H and O–H groups in total. The van der Waals surface area contributed by atoms with Crippen LogP contribution in [0, 0.1) is 29.6 Å². The number of hydrogen-bond donors (Lipinski definition) is 9. The van der Waals surface area contributed by atoms with Crippen molar-refractivity contribution in [2.75, 3.05) is 13.2 Å². The van der Waals surface area contributed by atoms with Crippen LogP contribution in [0.1, 0.15) is 253 Å². The number of carbonyl (C=O) groups excluding carboxylic acids is 8. The Bertz CT molecular complexity index is 4550. The Labute approximate surface area is 701 Å². The van der Waals surface area contributed by atoms with Gasteiger partial charge in [0.15, 0.2) is 28.9 Å². The molecule has 0 unspecified atom stereocenters. The number of rotatable bonds is 15. The molecule has 3 aromatic heterocycles. The number of hydrogen-bond acceptors (Lipinski definition) is 19. The highest BCUT2D eigenvalue weighted by Gasteiger charge is 2.35. The number of nitrogens with zero attached hydrogens (tertiary/aromatic N) is 4. The number of nitrogens with one attached hydrogen (secondary N) is 4. The summed E-state index contributed by atoms with van der Waals surface area (Å²) in [6.45, 7) is 10.1. The maximum absolute atomic E-state index is 13.7. The lowest BCUT2D eigenvalue weighted by Gasteiger charge is -2.25. The first kappa shape index (κ1) is 92.8. The first-order chi connectivity index (χ1) is 57.4. The molecule has 6 aliphatic rings. The number of Topliss-reactive ketones (excluding diaryl/α,β-unsaturated/α-hetero) is 5. The molecule has 6 aliphatic heterocycles. The van der Waals surface area contributed by atoms with Crippen molar-refractivity contribution in [1.29, 1.82) is 0 Å². The fourth-order valence-electron chi connectivity index (χ4n) is 15.3. The molecule has 0 fully saturated rings. The largest absolute Gasteiger partial charge is 0.494 e. The number of aryl methyl sites for hydroxylation is 4. The Kier molecular flexibility index (Phi) is 38.1. The minimum atomic E-state index is -1.82. The zero-order chi connectivity index (χ0) is 85.0. The van der Waals surface area contributed by atoms with Gasteiger partial charge in [-0.2, -0.15) is 0 Å². The van der Waals surface area contributed by atoms with Gasteiger partial charge in [-0.15, -0.1) is 0 Å². The molecule has 3 amide bonds. The molecule has 630 valence electrons. The van der Waals surface area contributed by atoms with E-state index in [0.717, 1.165) is 123 Å². The smallest absolute Gasteiger partial charge is 0.475 e. The van der Waals surface area contributed by atoms with Crippen molar-refractivity contribution in [1.82, 2.24) is 40.9 Å². The Balaban J connectivity index is 0.000000206. The van der Waals surface area contributed by atoms with Gasteiger partial charge in [0.1, 0.15) is 28.6 Å². The Morgan fingerprint density at radius 3 is 1.34 bits per heavy atom. The van der Waals surface area contributed by atoms with E-state index < -0.39 is 62.5 Å². The molecule has 14 rings (SSSR count). The third-order valence-electron chi connectivity index (χ3n) is 22.1. The molecular weight excluding hydrogens is 1500 g/mol. The second-order valence-corrected chi connectivity index (χ2v) is 32.9. The number of aromatic nitrogens is 5. The predicted octanol–water partition coefficient (Wildman–Crippen LogP) is 13.1. The third kappa shape index (κ3) is 31.5. The molecule has 0 spiro atoms.